The number of nitrogens with one attached hydrogen (secondary N) is 2. The summed E-state index contributed by atoms with van der Waals surface area (Å²) in [6.07, 6.45) is 5.52. The van der Waals surface area contributed by atoms with Crippen molar-refractivity contribution in [3.8, 4) is 0 Å². The molecule has 1 aliphatic rings. The lowest BCUT2D eigenvalue weighted by atomic mass is 10.2. The third kappa shape index (κ3) is 7.13. The molecule has 1 saturated carbocycles. The second kappa shape index (κ2) is 10.9. The first kappa shape index (κ1) is 21.2. The molecule has 0 heterocycles. The van der Waals surface area contributed by atoms with E-state index in [1.54, 1.807) is 11.9 Å². The summed E-state index contributed by atoms with van der Waals surface area (Å²) in [5, 5.41) is 6.42. The van der Waals surface area contributed by atoms with E-state index in [-0.39, 0.29) is 18.4 Å². The molecule has 0 aliphatic heterocycles. The van der Waals surface area contributed by atoms with Gasteiger partial charge in [-0.15, -0.1) is 11.8 Å². The summed E-state index contributed by atoms with van der Waals surface area (Å²) < 4.78 is 0. The van der Waals surface area contributed by atoms with Crippen LogP contribution in [0.4, 0.5) is 10.5 Å². The maximum absolute atomic E-state index is 12.1. The average molecular weight is 412 g/mol. The van der Waals surface area contributed by atoms with Crippen molar-refractivity contribution in [2.75, 3.05) is 18.9 Å². The Morgan fingerprint density at radius 3 is 2.41 bits per heavy atom. The van der Waals surface area contributed by atoms with E-state index in [4.69, 9.17) is 0 Å². The molecule has 5 nitrogen and oxygen atoms in total. The van der Waals surface area contributed by atoms with Crippen LogP contribution in [0.25, 0.3) is 0 Å². The van der Waals surface area contributed by atoms with E-state index in [0.29, 0.717) is 13.1 Å². The SMILES string of the molecule is CN(Cc1ccccc1)C(=O)NCCC(=O)Nc1ccc(SC2CCCC2)cc1. The fourth-order valence-electron chi connectivity index (χ4n) is 3.39. The van der Waals surface area contributed by atoms with Gasteiger partial charge in [0.15, 0.2) is 0 Å². The number of carbonyl (C=O) groups excluding carboxylic acids is 2. The second-order valence-electron chi connectivity index (χ2n) is 7.42. The Bertz CT molecular complexity index is 790. The Hall–Kier alpha value is -2.47. The van der Waals surface area contributed by atoms with E-state index in [1.165, 1.54) is 30.6 Å². The molecule has 0 aromatic heterocycles. The monoisotopic (exact) mass is 411 g/mol. The van der Waals surface area contributed by atoms with Gasteiger partial charge in [0, 0.05) is 42.4 Å². The van der Waals surface area contributed by atoms with Crippen LogP contribution in [0.5, 0.6) is 0 Å². The number of carbonyl (C=O) groups is 2. The molecule has 0 spiro atoms. The number of anilines is 1. The molecule has 0 saturated heterocycles. The third-order valence-electron chi connectivity index (χ3n) is 4.98. The molecule has 1 fully saturated rings. The Kier molecular flexibility index (Phi) is 7.99. The number of urea groups is 1. The molecule has 2 aromatic carbocycles. The predicted molar refractivity (Wildman–Crippen MR) is 119 cm³/mol. The topological polar surface area (TPSA) is 61.4 Å². The van der Waals surface area contributed by atoms with Crippen LogP contribution in [0, 0.1) is 0 Å². The first-order chi connectivity index (χ1) is 14.1. The van der Waals surface area contributed by atoms with Gasteiger partial charge in [-0.05, 0) is 42.7 Å². The van der Waals surface area contributed by atoms with Crippen molar-refractivity contribution in [3.05, 3.63) is 60.2 Å². The van der Waals surface area contributed by atoms with Crippen molar-refractivity contribution < 1.29 is 9.59 Å². The molecule has 0 atom stereocenters. The quantitative estimate of drug-likeness (QED) is 0.650. The van der Waals surface area contributed by atoms with Gasteiger partial charge in [-0.1, -0.05) is 43.2 Å². The van der Waals surface area contributed by atoms with E-state index in [2.05, 4.69) is 22.8 Å². The zero-order chi connectivity index (χ0) is 20.5. The summed E-state index contributed by atoms with van der Waals surface area (Å²) in [5.74, 6) is -0.104. The molecule has 3 amide bonds. The van der Waals surface area contributed by atoms with E-state index in [1.807, 2.05) is 54.2 Å². The number of hydrogen-bond acceptors (Lipinski definition) is 3. The molecule has 1 aliphatic carbocycles. The van der Waals surface area contributed by atoms with Gasteiger partial charge in [-0.3, -0.25) is 4.79 Å². The van der Waals surface area contributed by atoms with Crippen LogP contribution in [-0.2, 0) is 11.3 Å². The number of hydrogen-bond donors (Lipinski definition) is 2. The maximum Gasteiger partial charge on any atom is 0.317 e. The highest BCUT2D eigenvalue weighted by atomic mass is 32.2. The van der Waals surface area contributed by atoms with Gasteiger partial charge in [0.2, 0.25) is 5.91 Å². The molecule has 2 N–H and O–H groups in total. The maximum atomic E-state index is 12.1. The summed E-state index contributed by atoms with van der Waals surface area (Å²) in [5.41, 5.74) is 1.86. The molecule has 0 radical (unpaired) electrons. The van der Waals surface area contributed by atoms with E-state index < -0.39 is 0 Å². The molecule has 0 unspecified atom stereocenters. The van der Waals surface area contributed by atoms with E-state index in [9.17, 15) is 9.59 Å². The summed E-state index contributed by atoms with van der Waals surface area (Å²) in [6, 6.07) is 17.7. The van der Waals surface area contributed by atoms with Crippen LogP contribution in [0.15, 0.2) is 59.5 Å². The average Bonchev–Trinajstić information content (AvgIpc) is 3.23. The Balaban J connectivity index is 1.35. The van der Waals surface area contributed by atoms with Crippen LogP contribution < -0.4 is 10.6 Å². The summed E-state index contributed by atoms with van der Waals surface area (Å²) >= 11 is 1.93. The minimum absolute atomic E-state index is 0.104. The Labute approximate surface area is 177 Å². The third-order valence-corrected chi connectivity index (χ3v) is 6.33. The van der Waals surface area contributed by atoms with Gasteiger partial charge in [0.25, 0.3) is 0 Å². The molecule has 154 valence electrons. The lowest BCUT2D eigenvalue weighted by Crippen LogP contribution is -2.38. The zero-order valence-corrected chi connectivity index (χ0v) is 17.7. The zero-order valence-electron chi connectivity index (χ0n) is 16.9. The van der Waals surface area contributed by atoms with Crippen molar-refractivity contribution in [2.45, 2.75) is 48.8 Å². The Morgan fingerprint density at radius 2 is 1.72 bits per heavy atom. The first-order valence-corrected chi connectivity index (χ1v) is 11.1. The van der Waals surface area contributed by atoms with Gasteiger partial charge in [0.05, 0.1) is 0 Å². The van der Waals surface area contributed by atoms with Crippen LogP contribution >= 0.6 is 11.8 Å². The van der Waals surface area contributed by atoms with Gasteiger partial charge < -0.3 is 15.5 Å². The van der Waals surface area contributed by atoms with Crippen molar-refractivity contribution in [1.82, 2.24) is 10.2 Å². The van der Waals surface area contributed by atoms with Crippen LogP contribution in [0.1, 0.15) is 37.7 Å². The highest BCUT2D eigenvalue weighted by Crippen LogP contribution is 2.34. The summed E-state index contributed by atoms with van der Waals surface area (Å²) in [6.45, 7) is 0.837. The van der Waals surface area contributed by atoms with Crippen LogP contribution in [-0.4, -0.2) is 35.7 Å². The van der Waals surface area contributed by atoms with Crippen molar-refractivity contribution in [2.24, 2.45) is 0 Å². The summed E-state index contributed by atoms with van der Waals surface area (Å²) in [7, 11) is 1.74. The molecular weight excluding hydrogens is 382 g/mol. The highest BCUT2D eigenvalue weighted by molar-refractivity contribution is 8.00. The lowest BCUT2D eigenvalue weighted by molar-refractivity contribution is -0.116. The number of benzene rings is 2. The number of rotatable bonds is 8. The second-order valence-corrected chi connectivity index (χ2v) is 8.79. The van der Waals surface area contributed by atoms with Gasteiger partial charge in [0.1, 0.15) is 0 Å². The Morgan fingerprint density at radius 1 is 1.03 bits per heavy atom. The number of amides is 3. The fourth-order valence-corrected chi connectivity index (χ4v) is 4.63. The fraction of sp³-hybridized carbons (Fsp3) is 0.391. The van der Waals surface area contributed by atoms with E-state index >= 15 is 0 Å². The van der Waals surface area contributed by atoms with Gasteiger partial charge >= 0.3 is 6.03 Å². The molecule has 2 aromatic rings. The van der Waals surface area contributed by atoms with Crippen molar-refractivity contribution in [3.63, 3.8) is 0 Å². The van der Waals surface area contributed by atoms with Crippen LogP contribution in [0.2, 0.25) is 0 Å². The highest BCUT2D eigenvalue weighted by Gasteiger charge is 2.16. The number of nitrogens with zero attached hydrogens (tertiary/aromatic N) is 1. The molecule has 0 bridgehead atoms. The molecule has 3 rings (SSSR count). The minimum Gasteiger partial charge on any atom is -0.337 e. The van der Waals surface area contributed by atoms with Gasteiger partial charge in [-0.25, -0.2) is 4.79 Å². The van der Waals surface area contributed by atoms with Gasteiger partial charge in [-0.2, -0.15) is 0 Å². The first-order valence-electron chi connectivity index (χ1n) is 10.2. The lowest BCUT2D eigenvalue weighted by Gasteiger charge is -2.18. The molecule has 29 heavy (non-hydrogen) atoms. The molecular formula is C23H29N3O2S. The minimum atomic E-state index is -0.185. The molecule has 6 heteroatoms. The predicted octanol–water partition coefficient (Wildman–Crippen LogP) is 4.89. The van der Waals surface area contributed by atoms with E-state index in [0.717, 1.165) is 16.5 Å². The van der Waals surface area contributed by atoms with Crippen LogP contribution in [0.3, 0.4) is 0 Å². The number of thioether (sulfide) groups is 1. The summed E-state index contributed by atoms with van der Waals surface area (Å²) in [4.78, 5) is 27.1. The standard InChI is InChI=1S/C23H29N3O2S/c1-26(17-18-7-3-2-4-8-18)23(28)24-16-15-22(27)25-19-11-13-21(14-12-19)29-20-9-5-6-10-20/h2-4,7-8,11-14,20H,5-6,9-10,15-17H2,1H3,(H,24,28)(H,25,27). The largest absolute Gasteiger partial charge is 0.337 e. The normalized spacial score (nSPS) is 13.8. The smallest absolute Gasteiger partial charge is 0.317 e. The van der Waals surface area contributed by atoms with Crippen molar-refractivity contribution in [1.29, 1.82) is 0 Å². The van der Waals surface area contributed by atoms with Crippen molar-refractivity contribution >= 4 is 29.4 Å².